The second-order valence-electron chi connectivity index (χ2n) is 8.02. The van der Waals surface area contributed by atoms with Gasteiger partial charge in [0.05, 0.1) is 12.7 Å². The van der Waals surface area contributed by atoms with Gasteiger partial charge in [-0.05, 0) is 12.8 Å². The van der Waals surface area contributed by atoms with Gasteiger partial charge in [-0.3, -0.25) is 4.79 Å². The smallest absolute Gasteiger partial charge is 0.222 e. The van der Waals surface area contributed by atoms with Crippen LogP contribution in [0.5, 0.6) is 0 Å². The molecule has 2 N–H and O–H groups in total. The normalized spacial score (nSPS) is 12.3. The molecule has 0 radical (unpaired) electrons. The standard InChI is InChI=1S/C23H47NO3/c1-3-5-6-7-8-9-10-11-12-13-14-15-16-17-19-24(20-22(26)21-25)23(27)18-4-2/h22,25-26H,3-21H2,1-2H3. The van der Waals surface area contributed by atoms with E-state index in [2.05, 4.69) is 6.92 Å². The first-order valence-electron chi connectivity index (χ1n) is 11.7. The van der Waals surface area contributed by atoms with Crippen LogP contribution in [0, 0.1) is 0 Å². The number of amides is 1. The number of unbranched alkanes of at least 4 members (excludes halogenated alkanes) is 13. The lowest BCUT2D eigenvalue weighted by Crippen LogP contribution is -2.39. The molecule has 0 saturated heterocycles. The van der Waals surface area contributed by atoms with Crippen LogP contribution in [0.1, 0.15) is 117 Å². The maximum absolute atomic E-state index is 12.1. The van der Waals surface area contributed by atoms with Gasteiger partial charge in [0.25, 0.3) is 0 Å². The van der Waals surface area contributed by atoms with E-state index < -0.39 is 6.10 Å². The van der Waals surface area contributed by atoms with Crippen molar-refractivity contribution in [1.82, 2.24) is 4.90 Å². The molecule has 0 rings (SSSR count). The minimum Gasteiger partial charge on any atom is -0.394 e. The number of carbonyl (C=O) groups is 1. The second-order valence-corrected chi connectivity index (χ2v) is 8.02. The number of aliphatic hydroxyl groups is 2. The first-order chi connectivity index (χ1) is 13.2. The van der Waals surface area contributed by atoms with Gasteiger partial charge in [-0.2, -0.15) is 0 Å². The minimum absolute atomic E-state index is 0.0969. The van der Waals surface area contributed by atoms with Gasteiger partial charge in [0.2, 0.25) is 5.91 Å². The van der Waals surface area contributed by atoms with Crippen LogP contribution in [0.25, 0.3) is 0 Å². The zero-order valence-electron chi connectivity index (χ0n) is 18.3. The van der Waals surface area contributed by atoms with Crippen molar-refractivity contribution in [2.24, 2.45) is 0 Å². The summed E-state index contributed by atoms with van der Waals surface area (Å²) in [6, 6.07) is 0. The van der Waals surface area contributed by atoms with Crippen molar-refractivity contribution in [2.75, 3.05) is 19.7 Å². The highest BCUT2D eigenvalue weighted by molar-refractivity contribution is 5.76. The van der Waals surface area contributed by atoms with Crippen LogP contribution in [0.15, 0.2) is 0 Å². The molecule has 0 aromatic rings. The summed E-state index contributed by atoms with van der Waals surface area (Å²) in [5.74, 6) is 0.0969. The van der Waals surface area contributed by atoms with E-state index >= 15 is 0 Å². The van der Waals surface area contributed by atoms with Crippen molar-refractivity contribution < 1.29 is 15.0 Å². The zero-order chi connectivity index (χ0) is 20.2. The summed E-state index contributed by atoms with van der Waals surface area (Å²) in [7, 11) is 0. The Morgan fingerprint density at radius 1 is 0.741 bits per heavy atom. The first kappa shape index (κ1) is 26.4. The summed E-state index contributed by atoms with van der Waals surface area (Å²) in [6.07, 6.45) is 19.0. The Kier molecular flexibility index (Phi) is 19.7. The monoisotopic (exact) mass is 385 g/mol. The third kappa shape index (κ3) is 17.2. The average molecular weight is 386 g/mol. The summed E-state index contributed by atoms with van der Waals surface area (Å²) in [4.78, 5) is 13.8. The van der Waals surface area contributed by atoms with Gasteiger partial charge in [-0.1, -0.05) is 97.3 Å². The van der Waals surface area contributed by atoms with Crippen LogP contribution in [0.4, 0.5) is 0 Å². The second kappa shape index (κ2) is 20.1. The Balaban J connectivity index is 3.54. The quantitative estimate of drug-likeness (QED) is 0.274. The summed E-state index contributed by atoms with van der Waals surface area (Å²) >= 11 is 0. The van der Waals surface area contributed by atoms with E-state index in [1.54, 1.807) is 4.90 Å². The Morgan fingerprint density at radius 3 is 1.59 bits per heavy atom. The van der Waals surface area contributed by atoms with Gasteiger partial charge >= 0.3 is 0 Å². The van der Waals surface area contributed by atoms with E-state index in [9.17, 15) is 9.90 Å². The molecule has 1 amide bonds. The van der Waals surface area contributed by atoms with E-state index in [-0.39, 0.29) is 19.1 Å². The lowest BCUT2D eigenvalue weighted by Gasteiger charge is -2.24. The molecule has 4 heteroatoms. The van der Waals surface area contributed by atoms with Crippen molar-refractivity contribution in [3.05, 3.63) is 0 Å². The third-order valence-corrected chi connectivity index (χ3v) is 5.24. The van der Waals surface area contributed by atoms with Crippen LogP contribution in [0.3, 0.4) is 0 Å². The SMILES string of the molecule is CCCCCCCCCCCCCCCCN(CC(O)CO)C(=O)CCC. The van der Waals surface area contributed by atoms with E-state index in [0.29, 0.717) is 13.0 Å². The molecule has 0 fully saturated rings. The van der Waals surface area contributed by atoms with Crippen molar-refractivity contribution in [3.8, 4) is 0 Å². The molecular formula is C23H47NO3. The fraction of sp³-hybridized carbons (Fsp3) is 0.957. The molecule has 0 aliphatic rings. The molecule has 0 aromatic carbocycles. The molecule has 0 saturated carbocycles. The third-order valence-electron chi connectivity index (χ3n) is 5.24. The molecule has 4 nitrogen and oxygen atoms in total. The maximum Gasteiger partial charge on any atom is 0.222 e. The number of rotatable bonds is 20. The molecule has 0 aliphatic heterocycles. The van der Waals surface area contributed by atoms with E-state index in [1.807, 2.05) is 6.92 Å². The zero-order valence-corrected chi connectivity index (χ0v) is 18.3. The summed E-state index contributed by atoms with van der Waals surface area (Å²) in [5, 5.41) is 18.6. The van der Waals surface area contributed by atoms with Gasteiger partial charge in [0.15, 0.2) is 0 Å². The Labute approximate surface area is 168 Å². The van der Waals surface area contributed by atoms with Gasteiger partial charge in [0.1, 0.15) is 0 Å². The number of nitrogens with zero attached hydrogens (tertiary/aromatic N) is 1. The van der Waals surface area contributed by atoms with Crippen molar-refractivity contribution in [3.63, 3.8) is 0 Å². The molecule has 0 aromatic heterocycles. The lowest BCUT2D eigenvalue weighted by atomic mass is 10.0. The lowest BCUT2D eigenvalue weighted by molar-refractivity contribution is -0.133. The summed E-state index contributed by atoms with van der Waals surface area (Å²) in [6.45, 7) is 4.94. The van der Waals surface area contributed by atoms with Crippen LogP contribution in [-0.4, -0.2) is 46.8 Å². The molecule has 0 aliphatic carbocycles. The minimum atomic E-state index is -0.822. The van der Waals surface area contributed by atoms with Gasteiger partial charge < -0.3 is 15.1 Å². The predicted molar refractivity (Wildman–Crippen MR) is 115 cm³/mol. The van der Waals surface area contributed by atoms with Crippen LogP contribution in [-0.2, 0) is 4.79 Å². The van der Waals surface area contributed by atoms with Crippen LogP contribution < -0.4 is 0 Å². The molecule has 0 bridgehead atoms. The van der Waals surface area contributed by atoms with Crippen molar-refractivity contribution in [2.45, 2.75) is 123 Å². The molecule has 27 heavy (non-hydrogen) atoms. The topological polar surface area (TPSA) is 60.8 Å². The van der Waals surface area contributed by atoms with Gasteiger partial charge in [-0.15, -0.1) is 0 Å². The Hall–Kier alpha value is -0.610. The first-order valence-corrected chi connectivity index (χ1v) is 11.7. The molecule has 162 valence electrons. The molecule has 0 spiro atoms. The fourth-order valence-electron chi connectivity index (χ4n) is 3.50. The van der Waals surface area contributed by atoms with Crippen molar-refractivity contribution >= 4 is 5.91 Å². The average Bonchev–Trinajstić information content (AvgIpc) is 2.67. The highest BCUT2D eigenvalue weighted by Gasteiger charge is 2.15. The number of hydrogen-bond donors (Lipinski definition) is 2. The highest BCUT2D eigenvalue weighted by Crippen LogP contribution is 2.13. The molecular weight excluding hydrogens is 338 g/mol. The van der Waals surface area contributed by atoms with Crippen molar-refractivity contribution in [1.29, 1.82) is 0 Å². The van der Waals surface area contributed by atoms with Gasteiger partial charge in [0, 0.05) is 19.5 Å². The summed E-state index contributed by atoms with van der Waals surface area (Å²) < 4.78 is 0. The molecule has 0 heterocycles. The van der Waals surface area contributed by atoms with E-state index in [4.69, 9.17) is 5.11 Å². The molecule has 1 unspecified atom stereocenters. The van der Waals surface area contributed by atoms with E-state index in [1.165, 1.54) is 77.0 Å². The predicted octanol–water partition coefficient (Wildman–Crippen LogP) is 5.45. The Morgan fingerprint density at radius 2 is 1.19 bits per heavy atom. The highest BCUT2D eigenvalue weighted by atomic mass is 16.3. The van der Waals surface area contributed by atoms with E-state index in [0.717, 1.165) is 19.3 Å². The number of carbonyl (C=O) groups excluding carboxylic acids is 1. The number of aliphatic hydroxyl groups excluding tert-OH is 2. The maximum atomic E-state index is 12.1. The van der Waals surface area contributed by atoms with Crippen LogP contribution in [0.2, 0.25) is 0 Å². The van der Waals surface area contributed by atoms with Crippen LogP contribution >= 0.6 is 0 Å². The largest absolute Gasteiger partial charge is 0.394 e. The number of hydrogen-bond acceptors (Lipinski definition) is 3. The summed E-state index contributed by atoms with van der Waals surface area (Å²) in [5.41, 5.74) is 0. The fourth-order valence-corrected chi connectivity index (χ4v) is 3.50. The van der Waals surface area contributed by atoms with Gasteiger partial charge in [-0.25, -0.2) is 0 Å². The Bertz CT molecular complexity index is 323. The molecule has 1 atom stereocenters.